The number of carbonyl (C=O) groups is 1. The molecule has 4 N–H and O–H groups in total. The fourth-order valence-electron chi connectivity index (χ4n) is 2.47. The summed E-state index contributed by atoms with van der Waals surface area (Å²) in [5.41, 5.74) is 12.5. The number of halogens is 1. The largest absolute Gasteiger partial charge is 0.494 e. The maximum Gasteiger partial charge on any atom is 0.283 e. The van der Waals surface area contributed by atoms with Gasteiger partial charge in [0.15, 0.2) is 5.96 Å². The van der Waals surface area contributed by atoms with Gasteiger partial charge >= 0.3 is 0 Å². The van der Waals surface area contributed by atoms with E-state index in [0.717, 1.165) is 18.5 Å². The van der Waals surface area contributed by atoms with Crippen LogP contribution < -0.4 is 16.2 Å². The zero-order valence-corrected chi connectivity index (χ0v) is 13.2. The van der Waals surface area contributed by atoms with Gasteiger partial charge in [0.1, 0.15) is 11.4 Å². The van der Waals surface area contributed by atoms with Crippen molar-refractivity contribution in [2.45, 2.75) is 18.8 Å². The van der Waals surface area contributed by atoms with Crippen LogP contribution in [0.4, 0.5) is 0 Å². The molecule has 1 fully saturated rings. The Hall–Kier alpha value is -2.54. The molecule has 1 aliphatic carbocycles. The first-order valence-electron chi connectivity index (χ1n) is 7.07. The number of nitrogens with zero attached hydrogens (tertiary/aromatic N) is 3. The number of aromatic nitrogens is 2. The first-order valence-corrected chi connectivity index (χ1v) is 7.45. The maximum absolute atomic E-state index is 12.2. The van der Waals surface area contributed by atoms with Crippen LogP contribution in [0.5, 0.6) is 5.75 Å². The zero-order valence-electron chi connectivity index (χ0n) is 12.5. The highest BCUT2D eigenvalue weighted by Gasteiger charge is 2.33. The number of benzene rings is 1. The highest BCUT2D eigenvalue weighted by atomic mass is 35.5. The molecule has 120 valence electrons. The molecule has 1 aromatic heterocycles. The van der Waals surface area contributed by atoms with E-state index in [4.69, 9.17) is 27.8 Å². The van der Waals surface area contributed by atoms with Gasteiger partial charge in [0.25, 0.3) is 5.91 Å². The molecular formula is C15H16ClN5O2. The van der Waals surface area contributed by atoms with Gasteiger partial charge in [-0.2, -0.15) is 10.1 Å². The summed E-state index contributed by atoms with van der Waals surface area (Å²) >= 11 is 6.00. The van der Waals surface area contributed by atoms with Gasteiger partial charge in [-0.25, -0.2) is 4.68 Å². The minimum Gasteiger partial charge on any atom is -0.494 e. The van der Waals surface area contributed by atoms with E-state index in [1.54, 1.807) is 30.0 Å². The van der Waals surface area contributed by atoms with Crippen molar-refractivity contribution in [3.8, 4) is 11.4 Å². The lowest BCUT2D eigenvalue weighted by Gasteiger charge is -2.12. The Kier molecular flexibility index (Phi) is 3.96. The fraction of sp³-hybridized carbons (Fsp3) is 0.267. The predicted molar refractivity (Wildman–Crippen MR) is 87.2 cm³/mol. The standard InChI is InChI=1S/C15H16ClN5O2/c1-23-12-6-9(16)4-5-11(12)21-13(8-2-3-8)10(7-19-21)14(22)20-15(17)18/h4-8H,2-3H2,1H3,(H4,17,18,20,22). The molecule has 0 aliphatic heterocycles. The summed E-state index contributed by atoms with van der Waals surface area (Å²) in [6.45, 7) is 0. The van der Waals surface area contributed by atoms with Crippen molar-refractivity contribution < 1.29 is 9.53 Å². The monoisotopic (exact) mass is 333 g/mol. The third-order valence-electron chi connectivity index (χ3n) is 3.60. The summed E-state index contributed by atoms with van der Waals surface area (Å²) in [6.07, 6.45) is 3.46. The minimum absolute atomic E-state index is 0.256. The molecule has 23 heavy (non-hydrogen) atoms. The second-order valence-electron chi connectivity index (χ2n) is 5.29. The average Bonchev–Trinajstić information content (AvgIpc) is 3.25. The number of hydrogen-bond acceptors (Lipinski definition) is 3. The van der Waals surface area contributed by atoms with Crippen LogP contribution in [0.15, 0.2) is 29.4 Å². The maximum atomic E-state index is 12.2. The van der Waals surface area contributed by atoms with Gasteiger partial charge in [0.05, 0.1) is 24.6 Å². The van der Waals surface area contributed by atoms with E-state index in [0.29, 0.717) is 22.0 Å². The predicted octanol–water partition coefficient (Wildman–Crippen LogP) is 1.83. The summed E-state index contributed by atoms with van der Waals surface area (Å²) < 4.78 is 7.07. The lowest BCUT2D eigenvalue weighted by Crippen LogP contribution is -2.24. The molecule has 2 aromatic rings. The summed E-state index contributed by atoms with van der Waals surface area (Å²) in [6, 6.07) is 5.25. The van der Waals surface area contributed by atoms with Crippen molar-refractivity contribution in [3.63, 3.8) is 0 Å². The SMILES string of the molecule is COc1cc(Cl)ccc1-n1ncc(C(=O)N=C(N)N)c1C1CC1. The van der Waals surface area contributed by atoms with Crippen LogP contribution in [0.2, 0.25) is 5.02 Å². The Bertz CT molecular complexity index is 791. The molecular weight excluding hydrogens is 318 g/mol. The van der Waals surface area contributed by atoms with Crippen molar-refractivity contribution in [2.24, 2.45) is 16.5 Å². The quantitative estimate of drug-likeness (QED) is 0.655. The van der Waals surface area contributed by atoms with Crippen LogP contribution in [-0.4, -0.2) is 28.8 Å². The topological polar surface area (TPSA) is 109 Å². The summed E-state index contributed by atoms with van der Waals surface area (Å²) in [5.74, 6) is 0.0639. The number of ether oxygens (including phenoxy) is 1. The highest BCUT2D eigenvalue weighted by Crippen LogP contribution is 2.43. The lowest BCUT2D eigenvalue weighted by molar-refractivity contribution is 0.100. The molecule has 1 aliphatic rings. The van der Waals surface area contributed by atoms with Gasteiger partial charge in [-0.3, -0.25) is 4.79 Å². The molecule has 0 atom stereocenters. The van der Waals surface area contributed by atoms with Crippen LogP contribution >= 0.6 is 11.6 Å². The van der Waals surface area contributed by atoms with E-state index in [1.807, 2.05) is 0 Å². The van der Waals surface area contributed by atoms with Gasteiger partial charge in [-0.15, -0.1) is 0 Å². The Morgan fingerprint density at radius 3 is 2.78 bits per heavy atom. The van der Waals surface area contributed by atoms with E-state index in [9.17, 15) is 4.79 Å². The van der Waals surface area contributed by atoms with Crippen LogP contribution in [0, 0.1) is 0 Å². The number of guanidine groups is 1. The van der Waals surface area contributed by atoms with Crippen LogP contribution in [0.3, 0.4) is 0 Å². The molecule has 0 saturated heterocycles. The van der Waals surface area contributed by atoms with Crippen molar-refractivity contribution in [2.75, 3.05) is 7.11 Å². The smallest absolute Gasteiger partial charge is 0.283 e. The van der Waals surface area contributed by atoms with Crippen LogP contribution in [-0.2, 0) is 0 Å². The molecule has 3 rings (SSSR count). The molecule has 0 spiro atoms. The Balaban J connectivity index is 2.13. The van der Waals surface area contributed by atoms with Gasteiger partial charge in [0, 0.05) is 17.0 Å². The minimum atomic E-state index is -0.494. The van der Waals surface area contributed by atoms with E-state index < -0.39 is 5.91 Å². The number of aliphatic imine (C=N–C) groups is 1. The molecule has 1 heterocycles. The fourth-order valence-corrected chi connectivity index (χ4v) is 2.63. The average molecular weight is 334 g/mol. The second-order valence-corrected chi connectivity index (χ2v) is 5.72. The number of hydrogen-bond donors (Lipinski definition) is 2. The Labute approximate surface area is 137 Å². The summed E-state index contributed by atoms with van der Waals surface area (Å²) in [4.78, 5) is 15.8. The third kappa shape index (κ3) is 3.00. The first-order chi connectivity index (χ1) is 11.0. The number of amides is 1. The Morgan fingerprint density at radius 2 is 2.17 bits per heavy atom. The lowest BCUT2D eigenvalue weighted by atomic mass is 10.1. The molecule has 0 bridgehead atoms. The van der Waals surface area contributed by atoms with E-state index >= 15 is 0 Å². The Morgan fingerprint density at radius 1 is 1.43 bits per heavy atom. The van der Waals surface area contributed by atoms with Crippen molar-refractivity contribution >= 4 is 23.5 Å². The number of carbonyl (C=O) groups excluding carboxylic acids is 1. The highest BCUT2D eigenvalue weighted by molar-refractivity contribution is 6.30. The van der Waals surface area contributed by atoms with Crippen LogP contribution in [0.1, 0.15) is 34.8 Å². The first kappa shape index (κ1) is 15.4. The number of methoxy groups -OCH3 is 1. The van der Waals surface area contributed by atoms with E-state index in [-0.39, 0.29) is 11.9 Å². The number of nitrogens with two attached hydrogens (primary N) is 2. The molecule has 0 unspecified atom stereocenters. The summed E-state index contributed by atoms with van der Waals surface area (Å²) in [5, 5.41) is 4.89. The van der Waals surface area contributed by atoms with Gasteiger partial charge in [0.2, 0.25) is 0 Å². The van der Waals surface area contributed by atoms with Crippen molar-refractivity contribution in [1.29, 1.82) is 0 Å². The second kappa shape index (κ2) is 5.92. The van der Waals surface area contributed by atoms with Crippen molar-refractivity contribution in [3.05, 3.63) is 40.7 Å². The third-order valence-corrected chi connectivity index (χ3v) is 3.84. The molecule has 0 radical (unpaired) electrons. The normalized spacial score (nSPS) is 13.7. The van der Waals surface area contributed by atoms with Crippen molar-refractivity contribution in [1.82, 2.24) is 9.78 Å². The molecule has 1 amide bonds. The van der Waals surface area contributed by atoms with Gasteiger partial charge < -0.3 is 16.2 Å². The number of rotatable bonds is 4. The molecule has 7 nitrogen and oxygen atoms in total. The van der Waals surface area contributed by atoms with Gasteiger partial charge in [-0.1, -0.05) is 11.6 Å². The molecule has 8 heteroatoms. The van der Waals surface area contributed by atoms with E-state index in [1.165, 1.54) is 6.20 Å². The van der Waals surface area contributed by atoms with Crippen LogP contribution in [0.25, 0.3) is 5.69 Å². The zero-order chi connectivity index (χ0) is 16.6. The molecule has 1 aromatic carbocycles. The summed E-state index contributed by atoms with van der Waals surface area (Å²) in [7, 11) is 1.56. The molecule has 1 saturated carbocycles. The van der Waals surface area contributed by atoms with Gasteiger partial charge in [-0.05, 0) is 25.0 Å². The van der Waals surface area contributed by atoms with E-state index in [2.05, 4.69) is 10.1 Å².